The molecule has 0 saturated heterocycles. The van der Waals surface area contributed by atoms with Crippen LogP contribution in [-0.4, -0.2) is 35.0 Å². The number of carbonyl (C=O) groups is 1. The highest BCUT2D eigenvalue weighted by Crippen LogP contribution is 2.28. The van der Waals surface area contributed by atoms with E-state index in [0.29, 0.717) is 13.1 Å². The standard InChI is InChI=1S/C14H19FN2O2/c15-11-6-3-7-12(18)13(11)14(19)17(9-8-16)10-4-1-2-5-10/h3,6-7,10,18H,1-2,4-5,8-9,16H2. The molecule has 1 fully saturated rings. The molecule has 1 aliphatic rings. The Morgan fingerprint density at radius 1 is 1.42 bits per heavy atom. The molecule has 1 aliphatic carbocycles. The SMILES string of the molecule is NCCN(C(=O)c1c(O)cccc1F)C1CCCC1. The minimum atomic E-state index is -0.690. The van der Waals surface area contributed by atoms with Crippen molar-refractivity contribution in [1.82, 2.24) is 4.90 Å². The highest BCUT2D eigenvalue weighted by atomic mass is 19.1. The number of hydrogen-bond acceptors (Lipinski definition) is 3. The first-order valence-electron chi connectivity index (χ1n) is 6.63. The summed E-state index contributed by atoms with van der Waals surface area (Å²) in [4.78, 5) is 14.0. The van der Waals surface area contributed by atoms with Gasteiger partial charge in [0.05, 0.1) is 0 Å². The van der Waals surface area contributed by atoms with Crippen molar-refractivity contribution in [2.75, 3.05) is 13.1 Å². The lowest BCUT2D eigenvalue weighted by atomic mass is 10.1. The number of carbonyl (C=O) groups excluding carboxylic acids is 1. The second-order valence-electron chi connectivity index (χ2n) is 4.86. The number of rotatable bonds is 4. The summed E-state index contributed by atoms with van der Waals surface area (Å²) in [6, 6.07) is 3.99. The average Bonchev–Trinajstić information content (AvgIpc) is 2.89. The van der Waals surface area contributed by atoms with Gasteiger partial charge in [-0.25, -0.2) is 4.39 Å². The van der Waals surface area contributed by atoms with E-state index in [1.807, 2.05) is 0 Å². The molecule has 2 rings (SSSR count). The van der Waals surface area contributed by atoms with Gasteiger partial charge < -0.3 is 15.7 Å². The quantitative estimate of drug-likeness (QED) is 0.874. The smallest absolute Gasteiger partial charge is 0.260 e. The lowest BCUT2D eigenvalue weighted by molar-refractivity contribution is 0.0680. The maximum Gasteiger partial charge on any atom is 0.260 e. The molecule has 3 N–H and O–H groups in total. The first-order chi connectivity index (χ1) is 9.15. The second kappa shape index (κ2) is 6.02. The van der Waals surface area contributed by atoms with Gasteiger partial charge in [0.25, 0.3) is 5.91 Å². The predicted octanol–water partition coefficient (Wildman–Crippen LogP) is 1.87. The number of phenols is 1. The number of hydrogen-bond donors (Lipinski definition) is 2. The van der Waals surface area contributed by atoms with E-state index in [4.69, 9.17) is 5.73 Å². The van der Waals surface area contributed by atoms with Crippen LogP contribution in [0.1, 0.15) is 36.0 Å². The number of halogens is 1. The Labute approximate surface area is 112 Å². The molecule has 0 atom stereocenters. The highest BCUT2D eigenvalue weighted by molar-refractivity contribution is 5.97. The van der Waals surface area contributed by atoms with E-state index < -0.39 is 11.7 Å². The second-order valence-corrected chi connectivity index (χ2v) is 4.86. The zero-order valence-electron chi connectivity index (χ0n) is 10.8. The Morgan fingerprint density at radius 2 is 2.11 bits per heavy atom. The van der Waals surface area contributed by atoms with Gasteiger partial charge in [-0.15, -0.1) is 0 Å². The summed E-state index contributed by atoms with van der Waals surface area (Å²) in [6.07, 6.45) is 3.98. The Hall–Kier alpha value is -1.62. The fourth-order valence-corrected chi connectivity index (χ4v) is 2.67. The van der Waals surface area contributed by atoms with Crippen LogP contribution in [0.25, 0.3) is 0 Å². The monoisotopic (exact) mass is 266 g/mol. The summed E-state index contributed by atoms with van der Waals surface area (Å²) in [6.45, 7) is 0.717. The van der Waals surface area contributed by atoms with Gasteiger partial charge >= 0.3 is 0 Å². The van der Waals surface area contributed by atoms with Gasteiger partial charge in [-0.2, -0.15) is 0 Å². The molecule has 0 heterocycles. The van der Waals surface area contributed by atoms with Gasteiger partial charge in [0, 0.05) is 19.1 Å². The summed E-state index contributed by atoms with van der Waals surface area (Å²) >= 11 is 0. The van der Waals surface area contributed by atoms with Gasteiger partial charge in [-0.3, -0.25) is 4.79 Å². The Balaban J connectivity index is 2.28. The lowest BCUT2D eigenvalue weighted by Crippen LogP contribution is -2.42. The molecule has 0 spiro atoms. The molecule has 1 amide bonds. The molecule has 0 bridgehead atoms. The molecule has 0 aromatic heterocycles. The zero-order valence-corrected chi connectivity index (χ0v) is 10.8. The molecule has 4 nitrogen and oxygen atoms in total. The predicted molar refractivity (Wildman–Crippen MR) is 70.4 cm³/mol. The Bertz CT molecular complexity index is 439. The minimum absolute atomic E-state index is 0.107. The lowest BCUT2D eigenvalue weighted by Gasteiger charge is -2.29. The number of benzene rings is 1. The van der Waals surface area contributed by atoms with Crippen LogP contribution in [0.3, 0.4) is 0 Å². The van der Waals surface area contributed by atoms with Crippen LogP contribution in [0.2, 0.25) is 0 Å². The third-order valence-electron chi connectivity index (χ3n) is 3.60. The molecular formula is C14H19FN2O2. The maximum absolute atomic E-state index is 13.7. The number of nitrogens with two attached hydrogens (primary N) is 1. The van der Waals surface area contributed by atoms with Crippen molar-refractivity contribution >= 4 is 5.91 Å². The normalized spacial score (nSPS) is 15.7. The van der Waals surface area contributed by atoms with E-state index in [1.54, 1.807) is 4.90 Å². The van der Waals surface area contributed by atoms with E-state index in [1.165, 1.54) is 18.2 Å². The molecule has 104 valence electrons. The van der Waals surface area contributed by atoms with Crippen LogP contribution in [0, 0.1) is 5.82 Å². The van der Waals surface area contributed by atoms with E-state index >= 15 is 0 Å². The maximum atomic E-state index is 13.7. The summed E-state index contributed by atoms with van der Waals surface area (Å²) in [7, 11) is 0. The Kier molecular flexibility index (Phi) is 4.37. The first kappa shape index (κ1) is 13.8. The highest BCUT2D eigenvalue weighted by Gasteiger charge is 2.29. The summed E-state index contributed by atoms with van der Waals surface area (Å²) in [5.41, 5.74) is 5.29. The molecule has 1 saturated carbocycles. The minimum Gasteiger partial charge on any atom is -0.507 e. The van der Waals surface area contributed by atoms with E-state index in [-0.39, 0.29) is 17.4 Å². The molecule has 0 aliphatic heterocycles. The molecule has 5 heteroatoms. The third-order valence-corrected chi connectivity index (χ3v) is 3.60. The number of aromatic hydroxyl groups is 1. The van der Waals surface area contributed by atoms with Gasteiger partial charge in [0.2, 0.25) is 0 Å². The van der Waals surface area contributed by atoms with Crippen LogP contribution >= 0.6 is 0 Å². The van der Waals surface area contributed by atoms with Gasteiger partial charge in [0.15, 0.2) is 0 Å². The molecule has 0 unspecified atom stereocenters. The van der Waals surface area contributed by atoms with Crippen molar-refractivity contribution < 1.29 is 14.3 Å². The van der Waals surface area contributed by atoms with Gasteiger partial charge in [-0.1, -0.05) is 18.9 Å². The van der Waals surface area contributed by atoms with Crippen LogP contribution < -0.4 is 5.73 Å². The van der Waals surface area contributed by atoms with Crippen molar-refractivity contribution in [3.05, 3.63) is 29.6 Å². The average molecular weight is 266 g/mol. The largest absolute Gasteiger partial charge is 0.507 e. The van der Waals surface area contributed by atoms with Gasteiger partial charge in [0.1, 0.15) is 17.1 Å². The first-order valence-corrected chi connectivity index (χ1v) is 6.63. The van der Waals surface area contributed by atoms with Crippen LogP contribution in [0.5, 0.6) is 5.75 Å². The van der Waals surface area contributed by atoms with Crippen molar-refractivity contribution in [2.45, 2.75) is 31.7 Å². The topological polar surface area (TPSA) is 66.6 Å². The van der Waals surface area contributed by atoms with Crippen molar-refractivity contribution in [2.24, 2.45) is 5.73 Å². The van der Waals surface area contributed by atoms with Crippen molar-refractivity contribution in [3.63, 3.8) is 0 Å². The fourth-order valence-electron chi connectivity index (χ4n) is 2.67. The third kappa shape index (κ3) is 2.87. The zero-order chi connectivity index (χ0) is 13.8. The molecule has 19 heavy (non-hydrogen) atoms. The Morgan fingerprint density at radius 3 is 2.68 bits per heavy atom. The molecule has 0 radical (unpaired) electrons. The van der Waals surface area contributed by atoms with E-state index in [2.05, 4.69) is 0 Å². The summed E-state index contributed by atoms with van der Waals surface area (Å²) < 4.78 is 13.7. The summed E-state index contributed by atoms with van der Waals surface area (Å²) in [5, 5.41) is 9.70. The molecular weight excluding hydrogens is 247 g/mol. The molecule has 1 aromatic carbocycles. The van der Waals surface area contributed by atoms with Crippen LogP contribution in [-0.2, 0) is 0 Å². The van der Waals surface area contributed by atoms with Gasteiger partial charge in [-0.05, 0) is 25.0 Å². The van der Waals surface area contributed by atoms with E-state index in [9.17, 15) is 14.3 Å². The van der Waals surface area contributed by atoms with Crippen LogP contribution in [0.4, 0.5) is 4.39 Å². The van der Waals surface area contributed by atoms with Crippen molar-refractivity contribution in [1.29, 1.82) is 0 Å². The summed E-state index contributed by atoms with van der Waals surface area (Å²) in [5.74, 6) is -1.47. The fraction of sp³-hybridized carbons (Fsp3) is 0.500. The molecule has 1 aromatic rings. The van der Waals surface area contributed by atoms with E-state index in [0.717, 1.165) is 25.7 Å². The van der Waals surface area contributed by atoms with Crippen molar-refractivity contribution in [3.8, 4) is 5.75 Å². The van der Waals surface area contributed by atoms with Crippen LogP contribution in [0.15, 0.2) is 18.2 Å². The number of nitrogens with zero attached hydrogens (tertiary/aromatic N) is 1. The number of phenolic OH excluding ortho intramolecular Hbond substituents is 1. The number of amides is 1.